The first-order valence-corrected chi connectivity index (χ1v) is 5.95. The van der Waals surface area contributed by atoms with Crippen LogP contribution in [0.5, 0.6) is 5.75 Å². The second-order valence-electron chi connectivity index (χ2n) is 3.72. The Balaban J connectivity index is 2.85. The molecule has 0 atom stereocenters. The number of benzene rings is 1. The number of ether oxygens (including phenoxy) is 1. The average molecular weight is 250 g/mol. The monoisotopic (exact) mass is 250 g/mol. The highest BCUT2D eigenvalue weighted by Crippen LogP contribution is 2.34. The molecule has 1 aromatic rings. The first kappa shape index (κ1) is 14.0. The van der Waals surface area contributed by atoms with Gasteiger partial charge in [0.15, 0.2) is 5.75 Å². The standard InChI is InChI=1S/C13H18N2O3/c1-3-5-6-10-18-12-9-7-8-11(14-4-2)13(12)15(16)17/h3,7-9,14H,1,4-6,10H2,2H3. The lowest BCUT2D eigenvalue weighted by molar-refractivity contribution is -0.385. The van der Waals surface area contributed by atoms with Crippen LogP contribution in [0.25, 0.3) is 0 Å². The van der Waals surface area contributed by atoms with Gasteiger partial charge in [-0.1, -0.05) is 12.1 Å². The van der Waals surface area contributed by atoms with E-state index >= 15 is 0 Å². The number of unbranched alkanes of at least 4 members (excludes halogenated alkanes) is 1. The molecule has 0 saturated carbocycles. The molecule has 0 unspecified atom stereocenters. The van der Waals surface area contributed by atoms with Crippen molar-refractivity contribution >= 4 is 11.4 Å². The fourth-order valence-electron chi connectivity index (χ4n) is 1.57. The number of rotatable bonds is 8. The molecular formula is C13H18N2O3. The van der Waals surface area contributed by atoms with Crippen molar-refractivity contribution in [3.63, 3.8) is 0 Å². The third-order valence-corrected chi connectivity index (χ3v) is 2.36. The number of allylic oxidation sites excluding steroid dienone is 1. The van der Waals surface area contributed by atoms with Gasteiger partial charge in [-0.2, -0.15) is 0 Å². The fourth-order valence-corrected chi connectivity index (χ4v) is 1.57. The van der Waals surface area contributed by atoms with Gasteiger partial charge in [-0.3, -0.25) is 10.1 Å². The molecule has 18 heavy (non-hydrogen) atoms. The maximum atomic E-state index is 11.1. The fraction of sp³-hybridized carbons (Fsp3) is 0.385. The first-order valence-electron chi connectivity index (χ1n) is 5.95. The van der Waals surface area contributed by atoms with Gasteiger partial charge >= 0.3 is 5.69 Å². The van der Waals surface area contributed by atoms with Crippen LogP contribution in [0.3, 0.4) is 0 Å². The molecule has 0 radical (unpaired) electrons. The van der Waals surface area contributed by atoms with Gasteiger partial charge in [-0.25, -0.2) is 0 Å². The highest BCUT2D eigenvalue weighted by molar-refractivity contribution is 5.68. The number of nitro groups is 1. The third kappa shape index (κ3) is 3.76. The van der Waals surface area contributed by atoms with Crippen LogP contribution >= 0.6 is 0 Å². The number of anilines is 1. The summed E-state index contributed by atoms with van der Waals surface area (Å²) in [5.41, 5.74) is 0.488. The highest BCUT2D eigenvalue weighted by atomic mass is 16.6. The molecule has 0 aromatic heterocycles. The van der Waals surface area contributed by atoms with Gasteiger partial charge in [0, 0.05) is 6.54 Å². The van der Waals surface area contributed by atoms with E-state index in [1.165, 1.54) is 0 Å². The predicted octanol–water partition coefficient (Wildman–Crippen LogP) is 3.37. The van der Waals surface area contributed by atoms with E-state index in [2.05, 4.69) is 11.9 Å². The number of nitrogens with zero attached hydrogens (tertiary/aromatic N) is 1. The maximum Gasteiger partial charge on any atom is 0.333 e. The summed E-state index contributed by atoms with van der Waals surface area (Å²) in [6.07, 6.45) is 3.43. The van der Waals surface area contributed by atoms with E-state index in [1.807, 2.05) is 6.92 Å². The molecule has 0 fully saturated rings. The van der Waals surface area contributed by atoms with Gasteiger partial charge in [0.1, 0.15) is 5.69 Å². The van der Waals surface area contributed by atoms with Crippen molar-refractivity contribution < 1.29 is 9.66 Å². The molecule has 0 aliphatic carbocycles. The molecule has 1 N–H and O–H groups in total. The molecule has 5 nitrogen and oxygen atoms in total. The van der Waals surface area contributed by atoms with Gasteiger partial charge in [-0.15, -0.1) is 6.58 Å². The predicted molar refractivity (Wildman–Crippen MR) is 72.2 cm³/mol. The Bertz CT molecular complexity index is 419. The smallest absolute Gasteiger partial charge is 0.333 e. The third-order valence-electron chi connectivity index (χ3n) is 2.36. The number of nitrogens with one attached hydrogen (secondary N) is 1. The van der Waals surface area contributed by atoms with E-state index in [9.17, 15) is 10.1 Å². The van der Waals surface area contributed by atoms with Crippen LogP contribution in [0.4, 0.5) is 11.4 Å². The van der Waals surface area contributed by atoms with Crippen LogP contribution in [0.15, 0.2) is 30.9 Å². The Morgan fingerprint density at radius 2 is 2.33 bits per heavy atom. The van der Waals surface area contributed by atoms with Gasteiger partial charge in [0.2, 0.25) is 0 Å². The highest BCUT2D eigenvalue weighted by Gasteiger charge is 2.20. The second kappa shape index (κ2) is 7.32. The van der Waals surface area contributed by atoms with Crippen molar-refractivity contribution in [2.24, 2.45) is 0 Å². The number of hydrogen-bond donors (Lipinski definition) is 1. The molecule has 98 valence electrons. The average Bonchev–Trinajstić information content (AvgIpc) is 2.35. The van der Waals surface area contributed by atoms with Crippen molar-refractivity contribution in [3.8, 4) is 5.75 Å². The molecule has 0 amide bonds. The lowest BCUT2D eigenvalue weighted by atomic mass is 10.2. The maximum absolute atomic E-state index is 11.1. The quantitative estimate of drug-likeness (QED) is 0.332. The summed E-state index contributed by atoms with van der Waals surface area (Å²) in [6, 6.07) is 5.04. The topological polar surface area (TPSA) is 64.4 Å². The van der Waals surface area contributed by atoms with E-state index in [0.29, 0.717) is 24.6 Å². The van der Waals surface area contributed by atoms with Gasteiger partial charge < -0.3 is 10.1 Å². The minimum Gasteiger partial charge on any atom is -0.487 e. The van der Waals surface area contributed by atoms with Gasteiger partial charge in [0.25, 0.3) is 0 Å². The van der Waals surface area contributed by atoms with Crippen molar-refractivity contribution in [3.05, 3.63) is 41.0 Å². The van der Waals surface area contributed by atoms with E-state index in [0.717, 1.165) is 12.8 Å². The van der Waals surface area contributed by atoms with E-state index in [-0.39, 0.29) is 5.69 Å². The second-order valence-corrected chi connectivity index (χ2v) is 3.72. The molecule has 1 aromatic carbocycles. The summed E-state index contributed by atoms with van der Waals surface area (Å²) in [4.78, 5) is 10.7. The molecule has 1 rings (SSSR count). The zero-order valence-corrected chi connectivity index (χ0v) is 10.5. The van der Waals surface area contributed by atoms with Crippen LogP contribution in [-0.2, 0) is 0 Å². The molecule has 0 spiro atoms. The van der Waals surface area contributed by atoms with Crippen LogP contribution < -0.4 is 10.1 Å². The van der Waals surface area contributed by atoms with Crippen molar-refractivity contribution in [1.29, 1.82) is 0 Å². The zero-order chi connectivity index (χ0) is 13.4. The summed E-state index contributed by atoms with van der Waals surface area (Å²) in [5.74, 6) is 0.308. The first-order chi connectivity index (χ1) is 8.70. The Morgan fingerprint density at radius 3 is 2.94 bits per heavy atom. The van der Waals surface area contributed by atoms with Crippen LogP contribution in [0.2, 0.25) is 0 Å². The SMILES string of the molecule is C=CCCCOc1cccc(NCC)c1[N+](=O)[O-]. The van der Waals surface area contributed by atoms with Crippen molar-refractivity contribution in [2.45, 2.75) is 19.8 Å². The van der Waals surface area contributed by atoms with Gasteiger partial charge in [0.05, 0.1) is 11.5 Å². The molecule has 0 aliphatic heterocycles. The summed E-state index contributed by atoms with van der Waals surface area (Å²) in [7, 11) is 0. The lowest BCUT2D eigenvalue weighted by Crippen LogP contribution is -2.05. The minimum absolute atomic E-state index is 0.00190. The van der Waals surface area contributed by atoms with Crippen LogP contribution in [0, 0.1) is 10.1 Å². The van der Waals surface area contributed by atoms with E-state index < -0.39 is 4.92 Å². The Labute approximate surface area is 107 Å². The van der Waals surface area contributed by atoms with E-state index in [4.69, 9.17) is 4.74 Å². The largest absolute Gasteiger partial charge is 0.487 e. The molecular weight excluding hydrogens is 232 g/mol. The summed E-state index contributed by atoms with van der Waals surface area (Å²) < 4.78 is 5.46. The van der Waals surface area contributed by atoms with Crippen LogP contribution in [0.1, 0.15) is 19.8 Å². The van der Waals surface area contributed by atoms with Crippen molar-refractivity contribution in [1.82, 2.24) is 0 Å². The zero-order valence-electron chi connectivity index (χ0n) is 10.5. The minimum atomic E-state index is -0.416. The molecule has 0 heterocycles. The summed E-state index contributed by atoms with van der Waals surface area (Å²) in [5, 5.41) is 14.0. The number of para-hydroxylation sites is 1. The Hall–Kier alpha value is -2.04. The number of nitro benzene ring substituents is 1. The molecule has 5 heteroatoms. The molecule has 0 bridgehead atoms. The van der Waals surface area contributed by atoms with Crippen LogP contribution in [-0.4, -0.2) is 18.1 Å². The number of hydrogen-bond acceptors (Lipinski definition) is 4. The van der Waals surface area contributed by atoms with Crippen molar-refractivity contribution in [2.75, 3.05) is 18.5 Å². The molecule has 0 saturated heterocycles. The lowest BCUT2D eigenvalue weighted by Gasteiger charge is -2.09. The van der Waals surface area contributed by atoms with Gasteiger partial charge in [-0.05, 0) is 31.9 Å². The summed E-state index contributed by atoms with van der Waals surface area (Å²) >= 11 is 0. The molecule has 0 aliphatic rings. The Morgan fingerprint density at radius 1 is 1.56 bits per heavy atom. The normalized spacial score (nSPS) is 9.83. The Kier molecular flexibility index (Phi) is 5.70. The van der Waals surface area contributed by atoms with E-state index in [1.54, 1.807) is 24.3 Å². The summed E-state index contributed by atoms with van der Waals surface area (Å²) in [6.45, 7) is 6.58.